The van der Waals surface area contributed by atoms with Crippen LogP contribution in [0.3, 0.4) is 0 Å². The molecule has 3 aromatic rings. The molecule has 0 saturated carbocycles. The van der Waals surface area contributed by atoms with Crippen LogP contribution in [0.15, 0.2) is 55.1 Å². The standard InChI is InChI=1S/C19H19FN4O/c1-13-4-5-16(10-18(13)20)19(25)23(3)14(2)15-6-8-17(9-7-15)24-12-21-11-22-24/h4-12,14H,1-3H3. The van der Waals surface area contributed by atoms with Crippen LogP contribution in [0.25, 0.3) is 5.69 Å². The van der Waals surface area contributed by atoms with E-state index in [1.807, 2.05) is 31.2 Å². The first-order chi connectivity index (χ1) is 12.0. The average Bonchev–Trinajstić information content (AvgIpc) is 3.17. The van der Waals surface area contributed by atoms with E-state index >= 15 is 0 Å². The minimum Gasteiger partial charge on any atom is -0.335 e. The summed E-state index contributed by atoms with van der Waals surface area (Å²) in [7, 11) is 1.72. The quantitative estimate of drug-likeness (QED) is 0.731. The normalized spacial score (nSPS) is 12.0. The Kier molecular flexibility index (Phi) is 4.61. The zero-order chi connectivity index (χ0) is 18.0. The van der Waals surface area contributed by atoms with Gasteiger partial charge in [-0.15, -0.1) is 0 Å². The Morgan fingerprint density at radius 1 is 1.20 bits per heavy atom. The first-order valence-electron chi connectivity index (χ1n) is 7.95. The molecular formula is C19H19FN4O. The fraction of sp³-hybridized carbons (Fsp3) is 0.211. The van der Waals surface area contributed by atoms with Crippen molar-refractivity contribution < 1.29 is 9.18 Å². The third-order valence-corrected chi connectivity index (χ3v) is 4.38. The smallest absolute Gasteiger partial charge is 0.254 e. The number of carbonyl (C=O) groups excluding carboxylic acids is 1. The molecule has 1 amide bonds. The van der Waals surface area contributed by atoms with Crippen molar-refractivity contribution in [2.75, 3.05) is 7.05 Å². The number of carbonyl (C=O) groups is 1. The van der Waals surface area contributed by atoms with Gasteiger partial charge >= 0.3 is 0 Å². The number of aryl methyl sites for hydroxylation is 1. The van der Waals surface area contributed by atoms with Crippen LogP contribution < -0.4 is 0 Å². The summed E-state index contributed by atoms with van der Waals surface area (Å²) in [6.07, 6.45) is 3.10. The highest BCUT2D eigenvalue weighted by Gasteiger charge is 2.19. The summed E-state index contributed by atoms with van der Waals surface area (Å²) in [4.78, 5) is 18.1. The highest BCUT2D eigenvalue weighted by atomic mass is 19.1. The maximum Gasteiger partial charge on any atom is 0.254 e. The first kappa shape index (κ1) is 16.8. The Labute approximate surface area is 145 Å². The Hall–Kier alpha value is -3.02. The molecule has 0 bridgehead atoms. The largest absolute Gasteiger partial charge is 0.335 e. The lowest BCUT2D eigenvalue weighted by Gasteiger charge is -2.25. The molecule has 0 spiro atoms. The topological polar surface area (TPSA) is 51.0 Å². The van der Waals surface area contributed by atoms with E-state index in [1.54, 1.807) is 42.0 Å². The molecule has 0 aliphatic rings. The fourth-order valence-electron chi connectivity index (χ4n) is 2.58. The molecule has 3 rings (SSSR count). The van der Waals surface area contributed by atoms with Crippen LogP contribution >= 0.6 is 0 Å². The maximum atomic E-state index is 13.7. The van der Waals surface area contributed by atoms with Gasteiger partial charge in [0.15, 0.2) is 0 Å². The highest BCUT2D eigenvalue weighted by molar-refractivity contribution is 5.94. The van der Waals surface area contributed by atoms with E-state index in [0.29, 0.717) is 11.1 Å². The summed E-state index contributed by atoms with van der Waals surface area (Å²) < 4.78 is 15.4. The monoisotopic (exact) mass is 338 g/mol. The molecule has 1 aromatic heterocycles. The molecule has 0 radical (unpaired) electrons. The van der Waals surface area contributed by atoms with Crippen molar-refractivity contribution in [2.45, 2.75) is 19.9 Å². The van der Waals surface area contributed by atoms with E-state index < -0.39 is 0 Å². The minimum absolute atomic E-state index is 0.151. The van der Waals surface area contributed by atoms with Gasteiger partial charge in [0.2, 0.25) is 0 Å². The van der Waals surface area contributed by atoms with E-state index in [1.165, 1.54) is 12.4 Å². The molecule has 0 N–H and O–H groups in total. The number of amides is 1. The first-order valence-corrected chi connectivity index (χ1v) is 7.95. The number of rotatable bonds is 4. The van der Waals surface area contributed by atoms with Crippen LogP contribution in [0, 0.1) is 12.7 Å². The van der Waals surface area contributed by atoms with Crippen molar-refractivity contribution in [3.05, 3.63) is 77.6 Å². The van der Waals surface area contributed by atoms with Crippen LogP contribution in [0.2, 0.25) is 0 Å². The Morgan fingerprint density at radius 3 is 2.52 bits per heavy atom. The second kappa shape index (κ2) is 6.84. The Morgan fingerprint density at radius 2 is 1.92 bits per heavy atom. The highest BCUT2D eigenvalue weighted by Crippen LogP contribution is 2.22. The van der Waals surface area contributed by atoms with E-state index in [4.69, 9.17) is 0 Å². The van der Waals surface area contributed by atoms with Crippen LogP contribution in [0.4, 0.5) is 4.39 Å². The van der Waals surface area contributed by atoms with Gasteiger partial charge in [-0.25, -0.2) is 14.1 Å². The molecule has 1 heterocycles. The Bertz CT molecular complexity index is 875. The van der Waals surface area contributed by atoms with Crippen molar-refractivity contribution in [1.82, 2.24) is 19.7 Å². The molecule has 0 aliphatic heterocycles. The van der Waals surface area contributed by atoms with Gasteiger partial charge in [0.25, 0.3) is 5.91 Å². The number of nitrogens with zero attached hydrogens (tertiary/aromatic N) is 4. The van der Waals surface area contributed by atoms with Crippen molar-refractivity contribution in [3.8, 4) is 5.69 Å². The number of hydrogen-bond donors (Lipinski definition) is 0. The van der Waals surface area contributed by atoms with Gasteiger partial charge in [0.05, 0.1) is 11.7 Å². The molecule has 0 fully saturated rings. The lowest BCUT2D eigenvalue weighted by molar-refractivity contribution is 0.0742. The van der Waals surface area contributed by atoms with Gasteiger partial charge in [-0.1, -0.05) is 18.2 Å². The molecular weight excluding hydrogens is 319 g/mol. The van der Waals surface area contributed by atoms with Crippen LogP contribution in [0.1, 0.15) is 34.5 Å². The van der Waals surface area contributed by atoms with Gasteiger partial charge in [0, 0.05) is 12.6 Å². The van der Waals surface area contributed by atoms with Gasteiger partial charge in [-0.05, 0) is 49.2 Å². The van der Waals surface area contributed by atoms with Crippen molar-refractivity contribution >= 4 is 5.91 Å². The van der Waals surface area contributed by atoms with Gasteiger partial charge in [-0.3, -0.25) is 4.79 Å². The molecule has 0 saturated heterocycles. The molecule has 2 aromatic carbocycles. The summed E-state index contributed by atoms with van der Waals surface area (Å²) in [6, 6.07) is 12.1. The lowest BCUT2D eigenvalue weighted by atomic mass is 10.0. The zero-order valence-electron chi connectivity index (χ0n) is 14.3. The number of hydrogen-bond acceptors (Lipinski definition) is 3. The third kappa shape index (κ3) is 3.42. The van der Waals surface area contributed by atoms with Crippen LogP contribution in [-0.2, 0) is 0 Å². The fourth-order valence-corrected chi connectivity index (χ4v) is 2.58. The summed E-state index contributed by atoms with van der Waals surface area (Å²) in [5.41, 5.74) is 2.74. The van der Waals surface area contributed by atoms with Gasteiger partial charge in [0.1, 0.15) is 18.5 Å². The van der Waals surface area contributed by atoms with E-state index in [0.717, 1.165) is 11.3 Å². The molecule has 0 aliphatic carbocycles. The van der Waals surface area contributed by atoms with Crippen molar-refractivity contribution in [2.24, 2.45) is 0 Å². The summed E-state index contributed by atoms with van der Waals surface area (Å²) in [5, 5.41) is 4.08. The van der Waals surface area contributed by atoms with Crippen molar-refractivity contribution in [3.63, 3.8) is 0 Å². The summed E-state index contributed by atoms with van der Waals surface area (Å²) >= 11 is 0. The summed E-state index contributed by atoms with van der Waals surface area (Å²) in [6.45, 7) is 3.61. The van der Waals surface area contributed by atoms with Crippen LogP contribution in [-0.4, -0.2) is 32.6 Å². The molecule has 1 atom stereocenters. The van der Waals surface area contributed by atoms with Crippen LogP contribution in [0.5, 0.6) is 0 Å². The number of benzene rings is 2. The SMILES string of the molecule is Cc1ccc(C(=O)N(C)C(C)c2ccc(-n3cncn3)cc2)cc1F. The molecule has 128 valence electrons. The third-order valence-electron chi connectivity index (χ3n) is 4.38. The molecule has 1 unspecified atom stereocenters. The predicted molar refractivity (Wildman–Crippen MR) is 93.0 cm³/mol. The lowest BCUT2D eigenvalue weighted by Crippen LogP contribution is -2.29. The van der Waals surface area contributed by atoms with Gasteiger partial charge in [-0.2, -0.15) is 5.10 Å². The number of aromatic nitrogens is 3. The predicted octanol–water partition coefficient (Wildman–Crippen LogP) is 3.55. The van der Waals surface area contributed by atoms with E-state index in [2.05, 4.69) is 10.1 Å². The second-order valence-electron chi connectivity index (χ2n) is 5.99. The minimum atomic E-state index is -0.371. The zero-order valence-corrected chi connectivity index (χ0v) is 14.3. The van der Waals surface area contributed by atoms with Gasteiger partial charge < -0.3 is 4.90 Å². The van der Waals surface area contributed by atoms with E-state index in [9.17, 15) is 9.18 Å². The molecule has 6 heteroatoms. The second-order valence-corrected chi connectivity index (χ2v) is 5.99. The van der Waals surface area contributed by atoms with Crippen molar-refractivity contribution in [1.29, 1.82) is 0 Å². The average molecular weight is 338 g/mol. The Balaban J connectivity index is 1.78. The van der Waals surface area contributed by atoms with E-state index in [-0.39, 0.29) is 17.8 Å². The summed E-state index contributed by atoms with van der Waals surface area (Å²) in [5.74, 6) is -0.587. The maximum absolute atomic E-state index is 13.7. The molecule has 5 nitrogen and oxygen atoms in total. The number of halogens is 1. The molecule has 25 heavy (non-hydrogen) atoms.